The first-order chi connectivity index (χ1) is 9.39. The normalized spacial score (nSPS) is 11.4. The van der Waals surface area contributed by atoms with Gasteiger partial charge in [0.25, 0.3) is 0 Å². The Balaban J connectivity index is 3.46. The Morgan fingerprint density at radius 1 is 1.30 bits per heavy atom. The minimum Gasteiger partial charge on any atom is -0.465 e. The number of hydrogen-bond donors (Lipinski definition) is 1. The predicted octanol–water partition coefficient (Wildman–Crippen LogP) is 2.60. The highest BCUT2D eigenvalue weighted by Gasteiger charge is 2.32. The van der Waals surface area contributed by atoms with E-state index in [0.29, 0.717) is 0 Å². The summed E-state index contributed by atoms with van der Waals surface area (Å²) in [4.78, 5) is 11.6. The predicted molar refractivity (Wildman–Crippen MR) is 77.7 cm³/mol. The number of carbonyl (C=O) groups excluding carboxylic acids is 1. The van der Waals surface area contributed by atoms with Crippen LogP contribution in [0.1, 0.15) is 24.2 Å². The Hall–Kier alpha value is -1.07. The van der Waals surface area contributed by atoms with Gasteiger partial charge in [-0.15, -0.1) is 0 Å². The molecule has 112 valence electrons. The van der Waals surface area contributed by atoms with Gasteiger partial charge < -0.3 is 19.5 Å². The second-order valence-electron chi connectivity index (χ2n) is 3.71. The van der Waals surface area contributed by atoms with Crippen LogP contribution >= 0.6 is 19.2 Å². The van der Waals surface area contributed by atoms with Crippen molar-refractivity contribution < 1.29 is 23.1 Å². The highest BCUT2D eigenvalue weighted by atomic mass is 35.5. The van der Waals surface area contributed by atoms with Gasteiger partial charge in [-0.3, -0.25) is 4.57 Å². The summed E-state index contributed by atoms with van der Waals surface area (Å²) >= 11 is 5.93. The summed E-state index contributed by atoms with van der Waals surface area (Å²) in [5.41, 5.74) is 5.88. The van der Waals surface area contributed by atoms with Crippen molar-refractivity contribution in [2.24, 2.45) is 0 Å². The van der Waals surface area contributed by atoms with E-state index in [1.54, 1.807) is 13.8 Å². The van der Waals surface area contributed by atoms with E-state index in [4.69, 9.17) is 26.4 Å². The van der Waals surface area contributed by atoms with Gasteiger partial charge in [0, 0.05) is 5.02 Å². The Kier molecular flexibility index (Phi) is 6.02. The molecule has 0 radical (unpaired) electrons. The van der Waals surface area contributed by atoms with Gasteiger partial charge in [-0.05, 0) is 26.0 Å². The average molecular weight is 322 g/mol. The van der Waals surface area contributed by atoms with Crippen molar-refractivity contribution in [2.45, 2.75) is 13.8 Å². The molecule has 0 saturated carbocycles. The van der Waals surface area contributed by atoms with Crippen LogP contribution in [0, 0.1) is 0 Å². The number of halogens is 1. The fourth-order valence-corrected chi connectivity index (χ4v) is 3.66. The van der Waals surface area contributed by atoms with Crippen LogP contribution < -0.4 is 11.0 Å². The van der Waals surface area contributed by atoms with Gasteiger partial charge >= 0.3 is 13.6 Å². The van der Waals surface area contributed by atoms with E-state index in [-0.39, 0.29) is 34.8 Å². The molecule has 0 spiro atoms. The van der Waals surface area contributed by atoms with Crippen molar-refractivity contribution >= 4 is 36.2 Å². The highest BCUT2D eigenvalue weighted by molar-refractivity contribution is 7.62. The molecule has 0 fully saturated rings. The summed E-state index contributed by atoms with van der Waals surface area (Å²) in [7, 11) is -2.42. The molecule has 0 aliphatic heterocycles. The molecule has 0 bridgehead atoms. The van der Waals surface area contributed by atoms with E-state index in [0.717, 1.165) is 0 Å². The van der Waals surface area contributed by atoms with E-state index in [2.05, 4.69) is 4.74 Å². The van der Waals surface area contributed by atoms with Crippen LogP contribution in [-0.4, -0.2) is 26.3 Å². The van der Waals surface area contributed by atoms with Crippen LogP contribution in [0.5, 0.6) is 0 Å². The Labute approximate surface area is 122 Å². The lowest BCUT2D eigenvalue weighted by molar-refractivity contribution is 0.0602. The molecular formula is C12H17ClNO5P. The minimum absolute atomic E-state index is 0.0218. The number of hydrogen-bond acceptors (Lipinski definition) is 6. The first-order valence-electron chi connectivity index (χ1n) is 5.96. The molecule has 0 heterocycles. The van der Waals surface area contributed by atoms with E-state index >= 15 is 0 Å². The molecular weight excluding hydrogens is 305 g/mol. The largest absolute Gasteiger partial charge is 0.465 e. The Bertz CT molecular complexity index is 539. The van der Waals surface area contributed by atoms with Gasteiger partial charge in [-0.2, -0.15) is 0 Å². The van der Waals surface area contributed by atoms with Crippen molar-refractivity contribution in [2.75, 3.05) is 26.1 Å². The fraction of sp³-hybridized carbons (Fsp3) is 0.417. The zero-order chi connectivity index (χ0) is 15.3. The van der Waals surface area contributed by atoms with Crippen LogP contribution in [0.15, 0.2) is 12.1 Å². The van der Waals surface area contributed by atoms with Crippen molar-refractivity contribution in [1.29, 1.82) is 0 Å². The van der Waals surface area contributed by atoms with E-state index in [1.165, 1.54) is 19.2 Å². The summed E-state index contributed by atoms with van der Waals surface area (Å²) < 4.78 is 27.7. The van der Waals surface area contributed by atoms with Crippen molar-refractivity contribution in [3.05, 3.63) is 22.7 Å². The van der Waals surface area contributed by atoms with E-state index < -0.39 is 13.6 Å². The van der Waals surface area contributed by atoms with Crippen LogP contribution in [-0.2, 0) is 18.3 Å². The number of nitrogen functional groups attached to an aromatic ring is 1. The molecule has 1 rings (SSSR count). The van der Waals surface area contributed by atoms with Gasteiger partial charge in [-0.1, -0.05) is 11.6 Å². The molecule has 0 aliphatic carbocycles. The fourth-order valence-electron chi connectivity index (χ4n) is 1.63. The summed E-state index contributed by atoms with van der Waals surface area (Å²) in [5.74, 6) is -0.675. The maximum Gasteiger partial charge on any atom is 0.363 e. The number of nitrogens with two attached hydrogens (primary N) is 1. The Morgan fingerprint density at radius 3 is 2.30 bits per heavy atom. The number of anilines is 1. The summed E-state index contributed by atoms with van der Waals surface area (Å²) in [5, 5.41) is 0.253. The zero-order valence-electron chi connectivity index (χ0n) is 11.5. The third-order valence-corrected chi connectivity index (χ3v) is 4.80. The SMILES string of the molecule is CCOP(=O)(OCC)c1cc(Cl)cc(C(=O)OC)c1N. The molecule has 2 N–H and O–H groups in total. The number of benzene rings is 1. The lowest BCUT2D eigenvalue weighted by Gasteiger charge is -2.20. The lowest BCUT2D eigenvalue weighted by atomic mass is 10.2. The van der Waals surface area contributed by atoms with Gasteiger partial charge in [0.2, 0.25) is 0 Å². The van der Waals surface area contributed by atoms with Crippen molar-refractivity contribution in [3.63, 3.8) is 0 Å². The molecule has 1 aromatic rings. The second kappa shape index (κ2) is 7.09. The smallest absolute Gasteiger partial charge is 0.363 e. The molecule has 0 atom stereocenters. The molecule has 20 heavy (non-hydrogen) atoms. The monoisotopic (exact) mass is 321 g/mol. The molecule has 0 amide bonds. The van der Waals surface area contributed by atoms with Crippen LogP contribution in [0.25, 0.3) is 0 Å². The van der Waals surface area contributed by atoms with Gasteiger partial charge in [0.1, 0.15) is 0 Å². The highest BCUT2D eigenvalue weighted by Crippen LogP contribution is 2.49. The van der Waals surface area contributed by atoms with E-state index in [1.807, 2.05) is 0 Å². The molecule has 1 aromatic carbocycles. The maximum atomic E-state index is 12.7. The maximum absolute atomic E-state index is 12.7. The van der Waals surface area contributed by atoms with Crippen LogP contribution in [0.4, 0.5) is 5.69 Å². The minimum atomic E-state index is -3.63. The van der Waals surface area contributed by atoms with Crippen molar-refractivity contribution in [1.82, 2.24) is 0 Å². The third-order valence-electron chi connectivity index (χ3n) is 2.42. The summed E-state index contributed by atoms with van der Waals surface area (Å²) in [6.45, 7) is 3.68. The van der Waals surface area contributed by atoms with Gasteiger partial charge in [0.15, 0.2) is 0 Å². The quantitative estimate of drug-likeness (QED) is 0.492. The first kappa shape index (κ1) is 17.0. The molecule has 0 unspecified atom stereocenters. The summed E-state index contributed by atoms with van der Waals surface area (Å²) in [6, 6.07) is 2.71. The molecule has 0 aromatic heterocycles. The molecule has 0 aliphatic rings. The standard InChI is InChI=1S/C12H17ClNO5P/c1-4-18-20(16,19-5-2)10-7-8(13)6-9(11(10)14)12(15)17-3/h6-7H,4-5,14H2,1-3H3. The summed E-state index contributed by atoms with van der Waals surface area (Å²) in [6.07, 6.45) is 0. The number of ether oxygens (including phenoxy) is 1. The van der Waals surface area contributed by atoms with E-state index in [9.17, 15) is 9.36 Å². The number of carbonyl (C=O) groups is 1. The molecule has 8 heteroatoms. The third kappa shape index (κ3) is 3.52. The average Bonchev–Trinajstić information content (AvgIpc) is 2.40. The molecule has 0 saturated heterocycles. The first-order valence-corrected chi connectivity index (χ1v) is 7.88. The van der Waals surface area contributed by atoms with Crippen LogP contribution in [0.3, 0.4) is 0 Å². The van der Waals surface area contributed by atoms with Crippen LogP contribution in [0.2, 0.25) is 5.02 Å². The second-order valence-corrected chi connectivity index (χ2v) is 6.14. The number of esters is 1. The van der Waals surface area contributed by atoms with Gasteiger partial charge in [-0.25, -0.2) is 4.79 Å². The number of methoxy groups -OCH3 is 1. The number of rotatable bonds is 6. The lowest BCUT2D eigenvalue weighted by Crippen LogP contribution is -2.19. The topological polar surface area (TPSA) is 87.8 Å². The van der Waals surface area contributed by atoms with Crippen molar-refractivity contribution in [3.8, 4) is 0 Å². The zero-order valence-corrected chi connectivity index (χ0v) is 13.2. The molecule has 6 nitrogen and oxygen atoms in total. The van der Waals surface area contributed by atoms with Gasteiger partial charge in [0.05, 0.1) is 36.9 Å². The Morgan fingerprint density at radius 2 is 1.85 bits per heavy atom.